The SMILES string of the molecule is CN=C(NCCNC(=O)C1CC1)NCc1ccc(Cl)cc1Cl. The molecule has 1 aromatic rings. The summed E-state index contributed by atoms with van der Waals surface area (Å²) in [5.74, 6) is 1.05. The third-order valence-corrected chi connectivity index (χ3v) is 3.94. The van der Waals surface area contributed by atoms with Crippen molar-refractivity contribution in [1.29, 1.82) is 0 Å². The molecule has 1 amide bonds. The van der Waals surface area contributed by atoms with Crippen LogP contribution in [0, 0.1) is 5.92 Å². The molecular formula is C15H20Cl2N4O. The van der Waals surface area contributed by atoms with Crippen molar-refractivity contribution < 1.29 is 4.79 Å². The van der Waals surface area contributed by atoms with Crippen molar-refractivity contribution in [1.82, 2.24) is 16.0 Å². The Hall–Kier alpha value is -1.46. The Bertz CT molecular complexity index is 558. The average molecular weight is 343 g/mol. The molecule has 120 valence electrons. The summed E-state index contributed by atoms with van der Waals surface area (Å²) in [5.41, 5.74) is 0.941. The first-order valence-corrected chi connectivity index (χ1v) is 8.02. The van der Waals surface area contributed by atoms with Gasteiger partial charge in [-0.15, -0.1) is 0 Å². The summed E-state index contributed by atoms with van der Waals surface area (Å²) in [4.78, 5) is 15.6. The molecule has 0 unspecified atom stereocenters. The minimum absolute atomic E-state index is 0.151. The van der Waals surface area contributed by atoms with Crippen LogP contribution < -0.4 is 16.0 Å². The fraction of sp³-hybridized carbons (Fsp3) is 0.467. The van der Waals surface area contributed by atoms with Gasteiger partial charge in [-0.3, -0.25) is 9.79 Å². The molecule has 1 aliphatic rings. The first-order chi connectivity index (χ1) is 10.6. The summed E-state index contributed by atoms with van der Waals surface area (Å²) in [6.45, 7) is 1.74. The number of nitrogens with zero attached hydrogens (tertiary/aromatic N) is 1. The Morgan fingerprint density at radius 1 is 1.23 bits per heavy atom. The van der Waals surface area contributed by atoms with Crippen molar-refractivity contribution >= 4 is 35.1 Å². The van der Waals surface area contributed by atoms with Crippen molar-refractivity contribution in [2.45, 2.75) is 19.4 Å². The van der Waals surface area contributed by atoms with Crippen LogP contribution in [-0.2, 0) is 11.3 Å². The van der Waals surface area contributed by atoms with E-state index in [1.165, 1.54) is 0 Å². The van der Waals surface area contributed by atoms with Gasteiger partial charge in [0.2, 0.25) is 5.91 Å². The van der Waals surface area contributed by atoms with E-state index in [-0.39, 0.29) is 11.8 Å². The fourth-order valence-electron chi connectivity index (χ4n) is 1.92. The van der Waals surface area contributed by atoms with Crippen molar-refractivity contribution in [3.8, 4) is 0 Å². The number of carbonyl (C=O) groups excluding carboxylic acids is 1. The molecule has 7 heteroatoms. The first kappa shape index (κ1) is 16.9. The number of carbonyl (C=O) groups is 1. The van der Waals surface area contributed by atoms with Gasteiger partial charge in [-0.25, -0.2) is 0 Å². The van der Waals surface area contributed by atoms with E-state index in [2.05, 4.69) is 20.9 Å². The Morgan fingerprint density at radius 3 is 2.59 bits per heavy atom. The highest BCUT2D eigenvalue weighted by molar-refractivity contribution is 6.35. The zero-order valence-corrected chi connectivity index (χ0v) is 14.0. The maximum Gasteiger partial charge on any atom is 0.223 e. The van der Waals surface area contributed by atoms with Crippen molar-refractivity contribution in [3.05, 3.63) is 33.8 Å². The lowest BCUT2D eigenvalue weighted by atomic mass is 10.2. The van der Waals surface area contributed by atoms with E-state index in [4.69, 9.17) is 23.2 Å². The molecule has 0 bridgehead atoms. The second-order valence-corrected chi connectivity index (χ2v) is 6.00. The molecule has 5 nitrogen and oxygen atoms in total. The van der Waals surface area contributed by atoms with Gasteiger partial charge in [0.15, 0.2) is 5.96 Å². The number of hydrogen-bond acceptors (Lipinski definition) is 2. The second kappa shape index (κ2) is 8.25. The van der Waals surface area contributed by atoms with Crippen LogP contribution >= 0.6 is 23.2 Å². The van der Waals surface area contributed by atoms with Crippen LogP contribution in [0.5, 0.6) is 0 Å². The molecule has 3 N–H and O–H groups in total. The smallest absolute Gasteiger partial charge is 0.223 e. The maximum absolute atomic E-state index is 11.5. The van der Waals surface area contributed by atoms with Gasteiger partial charge in [0.05, 0.1) is 0 Å². The largest absolute Gasteiger partial charge is 0.355 e. The van der Waals surface area contributed by atoms with Crippen LogP contribution in [0.15, 0.2) is 23.2 Å². The number of benzene rings is 1. The van der Waals surface area contributed by atoms with Gasteiger partial charge in [-0.05, 0) is 30.5 Å². The van der Waals surface area contributed by atoms with Gasteiger partial charge in [-0.1, -0.05) is 29.3 Å². The molecule has 0 aromatic heterocycles. The Kier molecular flexibility index (Phi) is 6.34. The number of aliphatic imine (C=N–C) groups is 1. The highest BCUT2D eigenvalue weighted by Crippen LogP contribution is 2.28. The minimum atomic E-state index is 0.151. The lowest BCUT2D eigenvalue weighted by Gasteiger charge is -2.13. The van der Waals surface area contributed by atoms with Crippen LogP contribution in [-0.4, -0.2) is 32.0 Å². The lowest BCUT2D eigenvalue weighted by molar-refractivity contribution is -0.122. The molecule has 0 saturated heterocycles. The fourth-order valence-corrected chi connectivity index (χ4v) is 2.40. The van der Waals surface area contributed by atoms with Crippen LogP contribution in [0.4, 0.5) is 0 Å². The van der Waals surface area contributed by atoms with Crippen LogP contribution in [0.25, 0.3) is 0 Å². The summed E-state index contributed by atoms with van der Waals surface area (Å²) in [6.07, 6.45) is 2.04. The van der Waals surface area contributed by atoms with Gasteiger partial charge in [0.25, 0.3) is 0 Å². The molecule has 0 aliphatic heterocycles. The summed E-state index contributed by atoms with van der Waals surface area (Å²) < 4.78 is 0. The molecular weight excluding hydrogens is 323 g/mol. The number of hydrogen-bond donors (Lipinski definition) is 3. The topological polar surface area (TPSA) is 65.5 Å². The van der Waals surface area contributed by atoms with E-state index in [0.29, 0.717) is 35.6 Å². The molecule has 1 aliphatic carbocycles. The highest BCUT2D eigenvalue weighted by atomic mass is 35.5. The third kappa shape index (κ3) is 5.39. The number of halogens is 2. The lowest BCUT2D eigenvalue weighted by Crippen LogP contribution is -2.41. The highest BCUT2D eigenvalue weighted by Gasteiger charge is 2.28. The first-order valence-electron chi connectivity index (χ1n) is 7.26. The molecule has 1 aromatic carbocycles. The Labute approximate surface area is 140 Å². The van der Waals surface area contributed by atoms with E-state index in [1.807, 2.05) is 6.07 Å². The van der Waals surface area contributed by atoms with E-state index in [1.54, 1.807) is 19.2 Å². The third-order valence-electron chi connectivity index (χ3n) is 3.35. The predicted octanol–water partition coefficient (Wildman–Crippen LogP) is 2.18. The van der Waals surface area contributed by atoms with Gasteiger partial charge in [-0.2, -0.15) is 0 Å². The molecule has 1 saturated carbocycles. The van der Waals surface area contributed by atoms with Gasteiger partial charge in [0.1, 0.15) is 0 Å². The van der Waals surface area contributed by atoms with Gasteiger partial charge >= 0.3 is 0 Å². The van der Waals surface area contributed by atoms with Crippen molar-refractivity contribution in [3.63, 3.8) is 0 Å². The molecule has 22 heavy (non-hydrogen) atoms. The van der Waals surface area contributed by atoms with Gasteiger partial charge in [0, 0.05) is 42.6 Å². The Balaban J connectivity index is 1.69. The van der Waals surface area contributed by atoms with E-state index >= 15 is 0 Å². The summed E-state index contributed by atoms with van der Waals surface area (Å²) >= 11 is 12.0. The van der Waals surface area contributed by atoms with E-state index in [0.717, 1.165) is 18.4 Å². The molecule has 0 spiro atoms. The van der Waals surface area contributed by atoms with Crippen LogP contribution in [0.1, 0.15) is 18.4 Å². The quantitative estimate of drug-likeness (QED) is 0.421. The molecule has 0 heterocycles. The maximum atomic E-state index is 11.5. The van der Waals surface area contributed by atoms with Crippen molar-refractivity contribution in [2.75, 3.05) is 20.1 Å². The summed E-state index contributed by atoms with van der Waals surface area (Å²) in [6, 6.07) is 5.39. The standard InChI is InChI=1S/C15H20Cl2N4O/c1-18-15(20-7-6-19-14(22)10-2-3-10)21-9-11-4-5-12(16)8-13(11)17/h4-5,8,10H,2-3,6-7,9H2,1H3,(H,19,22)(H2,18,20,21). The predicted molar refractivity (Wildman–Crippen MR) is 90.4 cm³/mol. The zero-order valence-electron chi connectivity index (χ0n) is 12.5. The van der Waals surface area contributed by atoms with E-state index < -0.39 is 0 Å². The average Bonchev–Trinajstić information content (AvgIpc) is 3.32. The zero-order chi connectivity index (χ0) is 15.9. The number of amides is 1. The molecule has 0 radical (unpaired) electrons. The normalized spacial score (nSPS) is 14.6. The summed E-state index contributed by atoms with van der Waals surface area (Å²) in [7, 11) is 1.70. The molecule has 1 fully saturated rings. The number of nitrogens with one attached hydrogen (secondary N) is 3. The van der Waals surface area contributed by atoms with Crippen molar-refractivity contribution in [2.24, 2.45) is 10.9 Å². The second-order valence-electron chi connectivity index (χ2n) is 5.15. The number of guanidine groups is 1. The minimum Gasteiger partial charge on any atom is -0.355 e. The number of rotatable bonds is 6. The summed E-state index contributed by atoms with van der Waals surface area (Å²) in [5, 5.41) is 10.4. The van der Waals surface area contributed by atoms with E-state index in [9.17, 15) is 4.79 Å². The molecule has 0 atom stereocenters. The van der Waals surface area contributed by atoms with Gasteiger partial charge < -0.3 is 16.0 Å². The van der Waals surface area contributed by atoms with Crippen LogP contribution in [0.3, 0.4) is 0 Å². The monoisotopic (exact) mass is 342 g/mol. The van der Waals surface area contributed by atoms with Crippen LogP contribution in [0.2, 0.25) is 10.0 Å². The Morgan fingerprint density at radius 2 is 1.95 bits per heavy atom. The molecule has 2 rings (SSSR count).